The maximum atomic E-state index is 14.7. The Balaban J connectivity index is 6.18. The average Bonchev–Trinajstić information content (AvgIpc) is 2.89. The number of allylic oxidation sites excluding steroid dienone is 3. The van der Waals surface area contributed by atoms with E-state index in [4.69, 9.17) is 4.43 Å². The first-order valence-electron chi connectivity index (χ1n) is 14.2. The first-order chi connectivity index (χ1) is 20.5. The summed E-state index contributed by atoms with van der Waals surface area (Å²) in [7, 11) is -3.73. The Morgan fingerprint density at radius 2 is 1.22 bits per heavy atom. The van der Waals surface area contributed by atoms with Gasteiger partial charge in [0.25, 0.3) is 0 Å². The third-order valence-electron chi connectivity index (χ3n) is 7.53. The molecule has 0 bridgehead atoms. The highest BCUT2D eigenvalue weighted by atomic mass is 28.4. The molecule has 1 atom stereocenters. The standard InChI is InChI=1S/C28H39F13O4Si/c1-8-20(14-19(7)10-11-21(42)15-22(43)44-9-2)16-45-46(17(3)4,18(5)6)13-12-23(29,30)24(31,32)25(33,34)26(35,36)27(37,38)28(39,40)41/h10-11,14,17-18,20H,8-9,12-13,15-16H2,1-7H3/b11-10+,19-14+/t20-/m1/s1. The van der Waals surface area contributed by atoms with E-state index in [0.717, 1.165) is 6.08 Å². The van der Waals surface area contributed by atoms with Crippen molar-refractivity contribution in [1.29, 1.82) is 0 Å². The van der Waals surface area contributed by atoms with Gasteiger partial charge >= 0.3 is 41.8 Å². The maximum absolute atomic E-state index is 14.7. The van der Waals surface area contributed by atoms with Crippen LogP contribution < -0.4 is 0 Å². The Labute approximate surface area is 259 Å². The summed E-state index contributed by atoms with van der Waals surface area (Å²) in [4.78, 5) is 23.3. The maximum Gasteiger partial charge on any atom is 0.460 e. The molecule has 0 saturated carbocycles. The predicted octanol–water partition coefficient (Wildman–Crippen LogP) is 9.95. The number of alkyl halides is 13. The van der Waals surface area contributed by atoms with Crippen LogP contribution in [-0.4, -0.2) is 69.1 Å². The highest BCUT2D eigenvalue weighted by Crippen LogP contribution is 2.61. The van der Waals surface area contributed by atoms with Crippen LogP contribution in [0.15, 0.2) is 23.8 Å². The van der Waals surface area contributed by atoms with Crippen LogP contribution in [0.5, 0.6) is 0 Å². The number of esters is 1. The summed E-state index contributed by atoms with van der Waals surface area (Å²) in [5, 5.41) is 0. The number of halogens is 13. The van der Waals surface area contributed by atoms with E-state index in [0.29, 0.717) is 12.0 Å². The van der Waals surface area contributed by atoms with Gasteiger partial charge in [-0.05, 0) is 49.4 Å². The monoisotopic (exact) mass is 714 g/mol. The highest BCUT2D eigenvalue weighted by Gasteiger charge is 2.90. The van der Waals surface area contributed by atoms with Crippen molar-refractivity contribution in [1.82, 2.24) is 0 Å². The van der Waals surface area contributed by atoms with Gasteiger partial charge < -0.3 is 9.16 Å². The highest BCUT2D eigenvalue weighted by molar-refractivity contribution is 6.76. The Morgan fingerprint density at radius 3 is 1.63 bits per heavy atom. The Hall–Kier alpha value is -2.11. The van der Waals surface area contributed by atoms with E-state index in [1.807, 2.05) is 0 Å². The van der Waals surface area contributed by atoms with Gasteiger partial charge in [0, 0.05) is 13.0 Å². The van der Waals surface area contributed by atoms with Crippen molar-refractivity contribution in [3.63, 3.8) is 0 Å². The molecule has 0 fully saturated rings. The summed E-state index contributed by atoms with van der Waals surface area (Å²) < 4.78 is 188. The quantitative estimate of drug-likeness (QED) is 0.0334. The molecule has 0 saturated heterocycles. The summed E-state index contributed by atoms with van der Waals surface area (Å²) in [5.41, 5.74) is -0.869. The number of hydrogen-bond acceptors (Lipinski definition) is 4. The van der Waals surface area contributed by atoms with Crippen molar-refractivity contribution in [2.45, 2.75) is 121 Å². The van der Waals surface area contributed by atoms with Gasteiger partial charge in [-0.2, -0.15) is 57.1 Å². The fourth-order valence-electron chi connectivity index (χ4n) is 4.57. The molecule has 0 amide bonds. The molecule has 0 aromatic heterocycles. The minimum absolute atomic E-state index is 0.0772. The zero-order valence-corrected chi connectivity index (χ0v) is 27.3. The molecule has 0 aliphatic rings. The van der Waals surface area contributed by atoms with Crippen molar-refractivity contribution >= 4 is 20.1 Å². The van der Waals surface area contributed by atoms with Crippen LogP contribution in [0.25, 0.3) is 0 Å². The van der Waals surface area contributed by atoms with Gasteiger partial charge in [0.1, 0.15) is 6.42 Å². The van der Waals surface area contributed by atoms with Crippen LogP contribution in [-0.2, 0) is 18.8 Å². The van der Waals surface area contributed by atoms with Crippen molar-refractivity contribution in [3.8, 4) is 0 Å². The summed E-state index contributed by atoms with van der Waals surface area (Å²) in [6.07, 6.45) is -5.81. The number of carbonyl (C=O) groups is 2. The van der Waals surface area contributed by atoms with Crippen molar-refractivity contribution in [2.24, 2.45) is 5.92 Å². The minimum atomic E-state index is -7.94. The molecule has 0 aromatic rings. The first kappa shape index (κ1) is 43.9. The third kappa shape index (κ3) is 9.49. The summed E-state index contributed by atoms with van der Waals surface area (Å²) in [6, 6.07) is -1.08. The normalized spacial score (nSPS) is 15.7. The molecule has 0 aliphatic heterocycles. The fraction of sp³-hybridized carbons (Fsp3) is 0.786. The lowest BCUT2D eigenvalue weighted by Gasteiger charge is -2.42. The second-order valence-electron chi connectivity index (χ2n) is 11.4. The summed E-state index contributed by atoms with van der Waals surface area (Å²) >= 11 is 0. The molecule has 0 spiro atoms. The van der Waals surface area contributed by atoms with E-state index in [9.17, 15) is 66.7 Å². The predicted molar refractivity (Wildman–Crippen MR) is 145 cm³/mol. The van der Waals surface area contributed by atoms with Gasteiger partial charge in [0.15, 0.2) is 14.1 Å². The molecular formula is C28H39F13O4Si. The van der Waals surface area contributed by atoms with Gasteiger partial charge in [-0.25, -0.2) is 0 Å². The van der Waals surface area contributed by atoms with Gasteiger partial charge in [-0.1, -0.05) is 52.3 Å². The molecule has 4 nitrogen and oxygen atoms in total. The van der Waals surface area contributed by atoms with Crippen LogP contribution in [0, 0.1) is 5.92 Å². The topological polar surface area (TPSA) is 52.6 Å². The van der Waals surface area contributed by atoms with Gasteiger partial charge in [0.05, 0.1) is 6.61 Å². The Bertz CT molecular complexity index is 1080. The smallest absolute Gasteiger partial charge is 0.460 e. The largest absolute Gasteiger partial charge is 0.466 e. The lowest BCUT2D eigenvalue weighted by molar-refractivity contribution is -0.440. The number of rotatable bonds is 19. The van der Waals surface area contributed by atoms with Crippen molar-refractivity contribution < 1.29 is 75.8 Å². The van der Waals surface area contributed by atoms with E-state index in [-0.39, 0.29) is 13.2 Å². The Morgan fingerprint density at radius 1 is 0.739 bits per heavy atom. The Kier molecular flexibility index (Phi) is 15.1. The van der Waals surface area contributed by atoms with Crippen molar-refractivity contribution in [2.75, 3.05) is 13.2 Å². The molecule has 270 valence electrons. The van der Waals surface area contributed by atoms with Crippen molar-refractivity contribution in [3.05, 3.63) is 23.8 Å². The average molecular weight is 715 g/mol. The van der Waals surface area contributed by atoms with Crippen LogP contribution in [0.3, 0.4) is 0 Å². The van der Waals surface area contributed by atoms with Crippen LogP contribution in [0.1, 0.15) is 67.7 Å². The molecule has 46 heavy (non-hydrogen) atoms. The molecule has 0 aliphatic carbocycles. The zero-order valence-electron chi connectivity index (χ0n) is 26.3. The second-order valence-corrected chi connectivity index (χ2v) is 16.4. The van der Waals surface area contributed by atoms with Gasteiger partial charge in [-0.3, -0.25) is 9.59 Å². The van der Waals surface area contributed by atoms with Crippen LogP contribution in [0.4, 0.5) is 57.1 Å². The van der Waals surface area contributed by atoms with Gasteiger partial charge in [-0.15, -0.1) is 0 Å². The zero-order chi connectivity index (χ0) is 36.7. The number of hydrogen-bond donors (Lipinski definition) is 0. The lowest BCUT2D eigenvalue weighted by Crippen LogP contribution is -2.70. The minimum Gasteiger partial charge on any atom is -0.466 e. The summed E-state index contributed by atoms with van der Waals surface area (Å²) in [5.74, 6) is -38.8. The van der Waals surface area contributed by atoms with Crippen LogP contribution >= 0.6 is 0 Å². The first-order valence-corrected chi connectivity index (χ1v) is 16.4. The molecule has 0 unspecified atom stereocenters. The third-order valence-corrected chi connectivity index (χ3v) is 13.2. The molecule has 0 radical (unpaired) electrons. The lowest BCUT2D eigenvalue weighted by atomic mass is 9.93. The van der Waals surface area contributed by atoms with E-state index in [2.05, 4.69) is 4.74 Å². The van der Waals surface area contributed by atoms with E-state index >= 15 is 0 Å². The van der Waals surface area contributed by atoms with E-state index in [1.54, 1.807) is 26.8 Å². The fourth-order valence-corrected chi connectivity index (χ4v) is 9.10. The SMILES string of the molecule is CCOC(=O)CC(=O)/C=C/C(C)=C/[C@@H](CC)CO[Si](CCC(F)(F)C(F)(F)C(F)(F)C(F)(F)C(F)(F)C(F)(F)F)(C(C)C)C(C)C. The number of ether oxygens (including phenoxy) is 1. The molecular weight excluding hydrogens is 675 g/mol. The van der Waals surface area contributed by atoms with Crippen LogP contribution in [0.2, 0.25) is 17.1 Å². The van der Waals surface area contributed by atoms with E-state index < -0.39 is 91.7 Å². The molecule has 0 rings (SSSR count). The summed E-state index contributed by atoms with van der Waals surface area (Å²) in [6.45, 7) is 10.5. The van der Waals surface area contributed by atoms with Gasteiger partial charge in [0.2, 0.25) is 0 Å². The molecule has 0 heterocycles. The molecule has 0 aromatic carbocycles. The molecule has 18 heteroatoms. The van der Waals surface area contributed by atoms with E-state index in [1.165, 1.54) is 33.8 Å². The second kappa shape index (κ2) is 15.9. The number of ketones is 1. The number of carbonyl (C=O) groups excluding carboxylic acids is 2. The molecule has 0 N–H and O–H groups in total.